The number of hydrogen-bond donors (Lipinski definition) is 0. The molecule has 1 aliphatic rings. The molecule has 3 nitrogen and oxygen atoms in total. The second kappa shape index (κ2) is 5.51. The molecule has 0 radical (unpaired) electrons. The summed E-state index contributed by atoms with van der Waals surface area (Å²) < 4.78 is 0.513. The molecule has 0 atom stereocenters. The smallest absolute Gasteiger partial charge is 0.259 e. The fourth-order valence-electron chi connectivity index (χ4n) is 3.45. The predicted molar refractivity (Wildman–Crippen MR) is 110 cm³/mol. The molecule has 1 heterocycles. The molecule has 0 spiro atoms. The number of thioether (sulfide) groups is 1. The Morgan fingerprint density at radius 1 is 0.960 bits per heavy atom. The number of amides is 1. The number of benzene rings is 4. The van der Waals surface area contributed by atoms with Crippen LogP contribution < -0.4 is 0 Å². The van der Waals surface area contributed by atoms with Crippen molar-refractivity contribution in [1.82, 2.24) is 5.01 Å². The van der Waals surface area contributed by atoms with Gasteiger partial charge < -0.3 is 0 Å². The van der Waals surface area contributed by atoms with E-state index in [2.05, 4.69) is 53.6 Å². The SMILES string of the molecule is O=C1CSC(=S)N1/N=C/c1ccc2ccc3cccc4ccc1c2c34. The van der Waals surface area contributed by atoms with Crippen molar-refractivity contribution in [1.29, 1.82) is 0 Å². The van der Waals surface area contributed by atoms with E-state index >= 15 is 0 Å². The van der Waals surface area contributed by atoms with Crippen molar-refractivity contribution in [2.24, 2.45) is 5.10 Å². The van der Waals surface area contributed by atoms with Gasteiger partial charge in [-0.1, -0.05) is 78.6 Å². The van der Waals surface area contributed by atoms with Gasteiger partial charge in [-0.15, -0.1) is 0 Å². The summed E-state index contributed by atoms with van der Waals surface area (Å²) in [5, 5.41) is 13.0. The fourth-order valence-corrected chi connectivity index (χ4v) is 4.42. The molecule has 0 aromatic heterocycles. The molecule has 5 rings (SSSR count). The molecule has 4 aromatic carbocycles. The maximum atomic E-state index is 11.8. The normalized spacial score (nSPS) is 15.6. The summed E-state index contributed by atoms with van der Waals surface area (Å²) in [6.45, 7) is 0. The van der Waals surface area contributed by atoms with Crippen LogP contribution in [0.4, 0.5) is 0 Å². The van der Waals surface area contributed by atoms with Gasteiger partial charge in [0.05, 0.1) is 12.0 Å². The first-order valence-electron chi connectivity index (χ1n) is 7.92. The van der Waals surface area contributed by atoms with E-state index in [1.165, 1.54) is 43.7 Å². The van der Waals surface area contributed by atoms with Crippen molar-refractivity contribution in [3.63, 3.8) is 0 Å². The minimum atomic E-state index is -0.0658. The van der Waals surface area contributed by atoms with Gasteiger partial charge in [-0.05, 0) is 32.3 Å². The molecule has 25 heavy (non-hydrogen) atoms. The Morgan fingerprint density at radius 2 is 1.64 bits per heavy atom. The molecule has 1 amide bonds. The number of carbonyl (C=O) groups excluding carboxylic acids is 1. The van der Waals surface area contributed by atoms with E-state index in [9.17, 15) is 4.79 Å². The van der Waals surface area contributed by atoms with Crippen LogP contribution in [0, 0.1) is 0 Å². The van der Waals surface area contributed by atoms with Gasteiger partial charge in [-0.3, -0.25) is 4.79 Å². The lowest BCUT2D eigenvalue weighted by atomic mass is 9.92. The van der Waals surface area contributed by atoms with Crippen molar-refractivity contribution < 1.29 is 4.79 Å². The molecule has 0 N–H and O–H groups in total. The van der Waals surface area contributed by atoms with Crippen LogP contribution in [-0.2, 0) is 4.79 Å². The third-order valence-electron chi connectivity index (χ3n) is 4.60. The van der Waals surface area contributed by atoms with E-state index in [1.807, 2.05) is 6.07 Å². The lowest BCUT2D eigenvalue weighted by Gasteiger charge is -2.12. The van der Waals surface area contributed by atoms with Crippen LogP contribution in [0.1, 0.15) is 5.56 Å². The summed E-state index contributed by atoms with van der Waals surface area (Å²) in [4.78, 5) is 11.8. The quantitative estimate of drug-likeness (QED) is 0.293. The number of hydrazone groups is 1. The Morgan fingerprint density at radius 3 is 2.36 bits per heavy atom. The van der Waals surface area contributed by atoms with E-state index in [4.69, 9.17) is 12.2 Å². The summed E-state index contributed by atoms with van der Waals surface area (Å²) in [6.07, 6.45) is 1.74. The summed E-state index contributed by atoms with van der Waals surface area (Å²) in [7, 11) is 0. The Labute approximate surface area is 153 Å². The third kappa shape index (κ3) is 2.23. The second-order valence-electron chi connectivity index (χ2n) is 6.02. The van der Waals surface area contributed by atoms with Gasteiger partial charge in [0.1, 0.15) is 0 Å². The average Bonchev–Trinajstić information content (AvgIpc) is 2.96. The molecule has 0 aliphatic carbocycles. The van der Waals surface area contributed by atoms with Crippen LogP contribution in [0.3, 0.4) is 0 Å². The summed E-state index contributed by atoms with van der Waals surface area (Å²) in [5.41, 5.74) is 0.984. The summed E-state index contributed by atoms with van der Waals surface area (Å²) in [5.74, 6) is 0.304. The highest BCUT2D eigenvalue weighted by molar-refractivity contribution is 8.23. The first-order chi connectivity index (χ1) is 12.2. The lowest BCUT2D eigenvalue weighted by Crippen LogP contribution is -2.22. The van der Waals surface area contributed by atoms with Gasteiger partial charge in [-0.2, -0.15) is 10.1 Å². The Kier molecular flexibility index (Phi) is 3.26. The second-order valence-corrected chi connectivity index (χ2v) is 7.62. The zero-order chi connectivity index (χ0) is 17.0. The van der Waals surface area contributed by atoms with Crippen molar-refractivity contribution >= 4 is 72.7 Å². The number of thiocarbonyl (C=S) groups is 1. The molecule has 1 aliphatic heterocycles. The van der Waals surface area contributed by atoms with Gasteiger partial charge in [0, 0.05) is 5.56 Å². The summed E-state index contributed by atoms with van der Waals surface area (Å²) >= 11 is 6.54. The first-order valence-corrected chi connectivity index (χ1v) is 9.32. The molecule has 5 heteroatoms. The zero-order valence-electron chi connectivity index (χ0n) is 13.1. The zero-order valence-corrected chi connectivity index (χ0v) is 14.7. The Hall–Kier alpha value is -2.50. The Balaban J connectivity index is 1.74. The van der Waals surface area contributed by atoms with Crippen LogP contribution in [0.5, 0.6) is 0 Å². The van der Waals surface area contributed by atoms with Crippen LogP contribution in [0.2, 0.25) is 0 Å². The molecular weight excluding hydrogens is 348 g/mol. The molecular formula is C20H12N2OS2. The monoisotopic (exact) mass is 360 g/mol. The highest BCUT2D eigenvalue weighted by Crippen LogP contribution is 2.35. The van der Waals surface area contributed by atoms with Crippen molar-refractivity contribution in [3.05, 3.63) is 60.2 Å². The largest absolute Gasteiger partial charge is 0.272 e. The average molecular weight is 360 g/mol. The minimum Gasteiger partial charge on any atom is -0.272 e. The summed E-state index contributed by atoms with van der Waals surface area (Å²) in [6, 6.07) is 19.1. The van der Waals surface area contributed by atoms with Crippen LogP contribution in [0.15, 0.2) is 59.7 Å². The highest BCUT2D eigenvalue weighted by Gasteiger charge is 2.26. The van der Waals surface area contributed by atoms with E-state index in [1.54, 1.807) is 6.21 Å². The fraction of sp³-hybridized carbons (Fsp3) is 0.0500. The number of carbonyl (C=O) groups is 1. The topological polar surface area (TPSA) is 32.7 Å². The molecule has 120 valence electrons. The standard InChI is InChI=1S/C20H12N2OS2/c23-17-11-25-20(24)22(17)21-10-15-7-6-14-5-4-12-2-1-3-13-8-9-16(15)19(14)18(12)13/h1-10H,11H2/b21-10+. The van der Waals surface area contributed by atoms with Crippen LogP contribution >= 0.6 is 24.0 Å². The van der Waals surface area contributed by atoms with Gasteiger partial charge in [0.2, 0.25) is 0 Å². The molecule has 0 unspecified atom stereocenters. The molecule has 4 aromatic rings. The van der Waals surface area contributed by atoms with Crippen molar-refractivity contribution in [2.75, 3.05) is 5.75 Å². The van der Waals surface area contributed by atoms with E-state index in [0.717, 1.165) is 10.9 Å². The molecule has 0 bridgehead atoms. The predicted octanol–water partition coefficient (Wildman–Crippen LogP) is 4.78. The lowest BCUT2D eigenvalue weighted by molar-refractivity contribution is -0.123. The van der Waals surface area contributed by atoms with Crippen molar-refractivity contribution in [3.8, 4) is 0 Å². The molecule has 0 saturated carbocycles. The van der Waals surface area contributed by atoms with Crippen molar-refractivity contribution in [2.45, 2.75) is 0 Å². The maximum Gasteiger partial charge on any atom is 0.259 e. The van der Waals surface area contributed by atoms with Gasteiger partial charge in [0.15, 0.2) is 4.32 Å². The minimum absolute atomic E-state index is 0.0658. The number of nitrogens with zero attached hydrogens (tertiary/aromatic N) is 2. The third-order valence-corrected chi connectivity index (χ3v) is 5.94. The van der Waals surface area contributed by atoms with Crippen LogP contribution in [-0.4, -0.2) is 27.2 Å². The first kappa shape index (κ1) is 14.8. The number of hydrogen-bond acceptors (Lipinski definition) is 4. The van der Waals surface area contributed by atoms with Crippen LogP contribution in [0.25, 0.3) is 32.3 Å². The highest BCUT2D eigenvalue weighted by atomic mass is 32.2. The van der Waals surface area contributed by atoms with E-state index in [-0.39, 0.29) is 5.91 Å². The van der Waals surface area contributed by atoms with Gasteiger partial charge >= 0.3 is 0 Å². The van der Waals surface area contributed by atoms with Gasteiger partial charge in [0.25, 0.3) is 5.91 Å². The van der Waals surface area contributed by atoms with E-state index in [0.29, 0.717) is 10.1 Å². The maximum absolute atomic E-state index is 11.8. The van der Waals surface area contributed by atoms with E-state index < -0.39 is 0 Å². The Bertz CT molecular complexity index is 1170. The molecule has 1 fully saturated rings. The number of rotatable bonds is 2. The molecule has 1 saturated heterocycles. The van der Waals surface area contributed by atoms with Gasteiger partial charge in [-0.25, -0.2) is 0 Å².